The van der Waals surface area contributed by atoms with E-state index >= 15 is 0 Å². The average Bonchev–Trinajstić information content (AvgIpc) is 3.29. The van der Waals surface area contributed by atoms with Crippen LogP contribution in [-0.4, -0.2) is 70.9 Å². The second kappa shape index (κ2) is 12.6. The molecule has 2 atom stereocenters. The molecule has 3 aromatic carbocycles. The van der Waals surface area contributed by atoms with E-state index in [0.717, 1.165) is 34.2 Å². The Kier molecular flexibility index (Phi) is 9.01. The van der Waals surface area contributed by atoms with E-state index < -0.39 is 12.1 Å². The summed E-state index contributed by atoms with van der Waals surface area (Å²) in [6.45, 7) is 3.03. The summed E-state index contributed by atoms with van der Waals surface area (Å²) in [5.74, 6) is -0.346. The van der Waals surface area contributed by atoms with Crippen molar-refractivity contribution in [1.29, 1.82) is 0 Å². The lowest BCUT2D eigenvalue weighted by Gasteiger charge is -2.18. The summed E-state index contributed by atoms with van der Waals surface area (Å²) in [5, 5.41) is 24.3. The molecule has 0 saturated heterocycles. The van der Waals surface area contributed by atoms with Crippen molar-refractivity contribution in [1.82, 2.24) is 14.8 Å². The van der Waals surface area contributed by atoms with E-state index in [0.29, 0.717) is 18.7 Å². The maximum Gasteiger partial charge on any atom is 0.352 e. The van der Waals surface area contributed by atoms with Crippen molar-refractivity contribution in [2.24, 2.45) is 0 Å². The van der Waals surface area contributed by atoms with Gasteiger partial charge in [-0.2, -0.15) is 0 Å². The highest BCUT2D eigenvalue weighted by Crippen LogP contribution is 2.24. The Morgan fingerprint density at radius 3 is 2.33 bits per heavy atom. The number of amides is 1. The fraction of sp³-hybridized carbons (Fsp3) is 0.290. The number of nitrogens with zero attached hydrogens (tertiary/aromatic N) is 2. The number of aromatic nitrogens is 1. The number of benzene rings is 3. The largest absolute Gasteiger partial charge is 0.491 e. The van der Waals surface area contributed by atoms with Crippen molar-refractivity contribution < 1.29 is 24.5 Å². The van der Waals surface area contributed by atoms with Gasteiger partial charge in [-0.3, -0.25) is 4.79 Å². The molecule has 39 heavy (non-hydrogen) atoms. The van der Waals surface area contributed by atoms with Crippen LogP contribution in [0.4, 0.5) is 0 Å². The van der Waals surface area contributed by atoms with Crippen LogP contribution in [0.2, 0.25) is 0 Å². The first kappa shape index (κ1) is 27.9. The van der Waals surface area contributed by atoms with Crippen LogP contribution in [0.5, 0.6) is 5.75 Å². The zero-order valence-corrected chi connectivity index (χ0v) is 22.5. The van der Waals surface area contributed by atoms with Crippen LogP contribution in [0.1, 0.15) is 38.9 Å². The Labute approximate surface area is 228 Å². The average molecular weight is 530 g/mol. The Hall–Kier alpha value is -4.14. The van der Waals surface area contributed by atoms with E-state index in [1.54, 1.807) is 36.9 Å². The first-order valence-electron chi connectivity index (χ1n) is 13.0. The molecule has 2 unspecified atom stereocenters. The lowest BCUT2D eigenvalue weighted by atomic mass is 10.0. The summed E-state index contributed by atoms with van der Waals surface area (Å²) >= 11 is 0. The zero-order chi connectivity index (χ0) is 27.9. The minimum atomic E-state index is -0.992. The van der Waals surface area contributed by atoms with Gasteiger partial charge in [0.25, 0.3) is 5.91 Å². The molecule has 0 aliphatic carbocycles. The van der Waals surface area contributed by atoms with Crippen molar-refractivity contribution >= 4 is 22.8 Å². The van der Waals surface area contributed by atoms with E-state index in [-0.39, 0.29) is 24.2 Å². The van der Waals surface area contributed by atoms with Gasteiger partial charge in [-0.05, 0) is 66.9 Å². The smallest absolute Gasteiger partial charge is 0.352 e. The normalized spacial score (nSPS) is 12.7. The monoisotopic (exact) mass is 529 g/mol. The first-order valence-corrected chi connectivity index (χ1v) is 13.0. The van der Waals surface area contributed by atoms with E-state index in [9.17, 15) is 19.8 Å². The molecular weight excluding hydrogens is 494 g/mol. The number of hydrogen-bond acceptors (Lipinski definition) is 5. The highest BCUT2D eigenvalue weighted by molar-refractivity contribution is 5.95. The predicted octanol–water partition coefficient (Wildman–Crippen LogP) is 4.05. The summed E-state index contributed by atoms with van der Waals surface area (Å²) in [5.41, 5.74) is 3.60. The van der Waals surface area contributed by atoms with Crippen LogP contribution in [0.15, 0.2) is 78.9 Å². The van der Waals surface area contributed by atoms with Crippen molar-refractivity contribution in [3.63, 3.8) is 0 Å². The molecule has 1 aromatic heterocycles. The Morgan fingerprint density at radius 1 is 0.974 bits per heavy atom. The maximum atomic E-state index is 12.2. The third kappa shape index (κ3) is 7.25. The van der Waals surface area contributed by atoms with Gasteiger partial charge in [0.2, 0.25) is 0 Å². The Balaban J connectivity index is 1.40. The predicted molar refractivity (Wildman–Crippen MR) is 152 cm³/mol. The molecule has 0 aliphatic rings. The molecule has 8 heteroatoms. The number of nitrogens with one attached hydrogen (secondary N) is 1. The molecule has 0 spiro atoms. The van der Waals surface area contributed by atoms with Crippen molar-refractivity contribution in [2.45, 2.75) is 32.0 Å². The van der Waals surface area contributed by atoms with Gasteiger partial charge in [-0.15, -0.1) is 0 Å². The summed E-state index contributed by atoms with van der Waals surface area (Å²) in [6.07, 6.45) is 0.0781. The van der Waals surface area contributed by atoms with E-state index in [4.69, 9.17) is 4.74 Å². The molecule has 4 aromatic rings. The molecule has 3 N–H and O–H groups in total. The minimum absolute atomic E-state index is 0.0783. The standard InChI is InChI=1S/C31H35N3O5/c1-21(32-18-26(35)20-39-27-7-5-4-6-8-27)15-23-11-14-28-25(16-23)17-29(31(37)38)34(28)19-22-9-12-24(13-10-22)30(36)33(2)3/h4-14,16-17,21,26,32,35H,15,18-20H2,1-3H3,(H,37,38). The summed E-state index contributed by atoms with van der Waals surface area (Å²) < 4.78 is 7.40. The highest BCUT2D eigenvalue weighted by Gasteiger charge is 2.17. The molecule has 1 heterocycles. The number of rotatable bonds is 12. The topological polar surface area (TPSA) is 104 Å². The molecule has 204 valence electrons. The SMILES string of the molecule is CC(Cc1ccc2c(c1)cc(C(=O)O)n2Cc1ccc(C(=O)N(C)C)cc1)NCC(O)COc1ccccc1. The number of aliphatic hydroxyl groups is 1. The van der Waals surface area contributed by atoms with Crippen molar-refractivity contribution in [3.8, 4) is 5.75 Å². The van der Waals surface area contributed by atoms with Crippen LogP contribution in [0.25, 0.3) is 10.9 Å². The number of para-hydroxylation sites is 1. The Bertz CT molecular complexity index is 1410. The number of aromatic carboxylic acids is 1. The first-order chi connectivity index (χ1) is 18.7. The van der Waals surface area contributed by atoms with Crippen LogP contribution in [-0.2, 0) is 13.0 Å². The van der Waals surface area contributed by atoms with Gasteiger partial charge in [0.15, 0.2) is 0 Å². The molecule has 1 amide bonds. The quantitative estimate of drug-likeness (QED) is 0.256. The van der Waals surface area contributed by atoms with Crippen molar-refractivity contribution in [3.05, 3.63) is 101 Å². The molecule has 0 aliphatic heterocycles. The molecule has 8 nitrogen and oxygen atoms in total. The van der Waals surface area contributed by atoms with Gasteiger partial charge in [0.05, 0.1) is 0 Å². The van der Waals surface area contributed by atoms with Gasteiger partial charge >= 0.3 is 5.97 Å². The number of carboxylic acids is 1. The molecule has 0 saturated carbocycles. The van der Waals surface area contributed by atoms with Gasteiger partial charge in [-0.1, -0.05) is 36.4 Å². The van der Waals surface area contributed by atoms with E-state index in [1.165, 1.54) is 4.90 Å². The number of carbonyl (C=O) groups is 2. The zero-order valence-electron chi connectivity index (χ0n) is 22.5. The van der Waals surface area contributed by atoms with Gasteiger partial charge in [0, 0.05) is 49.7 Å². The van der Waals surface area contributed by atoms with E-state index in [1.807, 2.05) is 67.6 Å². The number of ether oxygens (including phenoxy) is 1. The van der Waals surface area contributed by atoms with E-state index in [2.05, 4.69) is 5.32 Å². The van der Waals surface area contributed by atoms with Crippen molar-refractivity contribution in [2.75, 3.05) is 27.2 Å². The summed E-state index contributed by atoms with van der Waals surface area (Å²) in [4.78, 5) is 25.7. The van der Waals surface area contributed by atoms with Gasteiger partial charge < -0.3 is 29.7 Å². The third-order valence-electron chi connectivity index (χ3n) is 6.56. The summed E-state index contributed by atoms with van der Waals surface area (Å²) in [6, 6.07) is 24.4. The van der Waals surface area contributed by atoms with Gasteiger partial charge in [0.1, 0.15) is 24.2 Å². The molecule has 4 rings (SSSR count). The number of fused-ring (bicyclic) bond motifs is 1. The number of carboxylic acid groups (broad SMARTS) is 1. The number of aliphatic hydroxyl groups excluding tert-OH is 1. The number of carbonyl (C=O) groups excluding carboxylic acids is 1. The van der Waals surface area contributed by atoms with Crippen LogP contribution < -0.4 is 10.1 Å². The Morgan fingerprint density at radius 2 is 1.67 bits per heavy atom. The fourth-order valence-electron chi connectivity index (χ4n) is 4.52. The fourth-order valence-corrected chi connectivity index (χ4v) is 4.52. The van der Waals surface area contributed by atoms with Crippen LogP contribution >= 0.6 is 0 Å². The lowest BCUT2D eigenvalue weighted by molar-refractivity contribution is 0.0685. The van der Waals surface area contributed by atoms with Crippen LogP contribution in [0, 0.1) is 0 Å². The molecule has 0 bridgehead atoms. The minimum Gasteiger partial charge on any atom is -0.491 e. The number of hydrogen-bond donors (Lipinski definition) is 3. The highest BCUT2D eigenvalue weighted by atomic mass is 16.5. The maximum absolute atomic E-state index is 12.2. The van der Waals surface area contributed by atoms with Gasteiger partial charge in [-0.25, -0.2) is 4.79 Å². The molecular formula is C31H35N3O5. The molecule has 0 radical (unpaired) electrons. The van der Waals surface area contributed by atoms with Crippen LogP contribution in [0.3, 0.4) is 0 Å². The molecule has 0 fully saturated rings. The second-order valence-electron chi connectivity index (χ2n) is 10.0. The third-order valence-corrected chi connectivity index (χ3v) is 6.56. The lowest BCUT2D eigenvalue weighted by Crippen LogP contribution is -2.37. The summed E-state index contributed by atoms with van der Waals surface area (Å²) in [7, 11) is 3.41. The second-order valence-corrected chi connectivity index (χ2v) is 10.0.